The number of hydrogen-bond donors (Lipinski definition) is 1. The van der Waals surface area contributed by atoms with E-state index in [-0.39, 0.29) is 0 Å². The second-order valence-corrected chi connectivity index (χ2v) is 4.60. The highest BCUT2D eigenvalue weighted by Crippen LogP contribution is 2.12. The standard InChI is InChI=1S/C16H21NO3/c1-13-3-6-16(20-13)12-17-11-14-4-7-15(8-5-14)19-10-9-18-2/h3-8,17H,9-12H2,1-2H3. The lowest BCUT2D eigenvalue weighted by molar-refractivity contribution is 0.146. The van der Waals surface area contributed by atoms with Gasteiger partial charge in [0.15, 0.2) is 0 Å². The first kappa shape index (κ1) is 14.6. The highest BCUT2D eigenvalue weighted by atomic mass is 16.5. The molecular weight excluding hydrogens is 254 g/mol. The summed E-state index contributed by atoms with van der Waals surface area (Å²) in [5, 5.41) is 3.35. The molecule has 0 spiro atoms. The van der Waals surface area contributed by atoms with E-state index in [4.69, 9.17) is 13.9 Å². The molecule has 0 radical (unpaired) electrons. The molecule has 2 aromatic rings. The molecular formula is C16H21NO3. The maximum atomic E-state index is 5.52. The van der Waals surface area contributed by atoms with Gasteiger partial charge in [-0.25, -0.2) is 0 Å². The van der Waals surface area contributed by atoms with Crippen LogP contribution in [-0.4, -0.2) is 20.3 Å². The normalized spacial score (nSPS) is 10.7. The van der Waals surface area contributed by atoms with E-state index in [1.807, 2.05) is 31.2 Å². The summed E-state index contributed by atoms with van der Waals surface area (Å²) in [4.78, 5) is 0. The van der Waals surface area contributed by atoms with Crippen LogP contribution in [0.2, 0.25) is 0 Å². The minimum absolute atomic E-state index is 0.575. The average molecular weight is 275 g/mol. The first-order valence-electron chi connectivity index (χ1n) is 6.74. The van der Waals surface area contributed by atoms with Crippen LogP contribution in [0.3, 0.4) is 0 Å². The molecule has 0 amide bonds. The van der Waals surface area contributed by atoms with E-state index in [1.165, 1.54) is 5.56 Å². The molecule has 1 aromatic heterocycles. The highest BCUT2D eigenvalue weighted by Gasteiger charge is 1.99. The van der Waals surface area contributed by atoms with Gasteiger partial charge in [-0.15, -0.1) is 0 Å². The summed E-state index contributed by atoms with van der Waals surface area (Å²) in [6.07, 6.45) is 0. The van der Waals surface area contributed by atoms with Crippen LogP contribution >= 0.6 is 0 Å². The van der Waals surface area contributed by atoms with Gasteiger partial charge >= 0.3 is 0 Å². The first-order chi connectivity index (χ1) is 9.78. The van der Waals surface area contributed by atoms with Gasteiger partial charge in [0, 0.05) is 13.7 Å². The van der Waals surface area contributed by atoms with E-state index >= 15 is 0 Å². The Morgan fingerprint density at radius 2 is 1.80 bits per heavy atom. The van der Waals surface area contributed by atoms with Crippen molar-refractivity contribution in [2.24, 2.45) is 0 Å². The summed E-state index contributed by atoms with van der Waals surface area (Å²) < 4.78 is 16.0. The van der Waals surface area contributed by atoms with Gasteiger partial charge in [-0.3, -0.25) is 0 Å². The van der Waals surface area contributed by atoms with Crippen molar-refractivity contribution in [3.05, 3.63) is 53.5 Å². The molecule has 0 unspecified atom stereocenters. The molecule has 1 heterocycles. The zero-order valence-corrected chi connectivity index (χ0v) is 12.0. The van der Waals surface area contributed by atoms with Crippen molar-refractivity contribution >= 4 is 0 Å². The Balaban J connectivity index is 1.73. The summed E-state index contributed by atoms with van der Waals surface area (Å²) in [6, 6.07) is 12.0. The van der Waals surface area contributed by atoms with Gasteiger partial charge < -0.3 is 19.2 Å². The van der Waals surface area contributed by atoms with Gasteiger partial charge in [-0.1, -0.05) is 12.1 Å². The second kappa shape index (κ2) is 7.72. The summed E-state index contributed by atoms with van der Waals surface area (Å²) in [7, 11) is 1.67. The summed E-state index contributed by atoms with van der Waals surface area (Å²) in [6.45, 7) is 4.67. The Morgan fingerprint density at radius 1 is 1.00 bits per heavy atom. The molecule has 0 aliphatic heterocycles. The quantitative estimate of drug-likeness (QED) is 0.752. The van der Waals surface area contributed by atoms with Gasteiger partial charge in [0.1, 0.15) is 23.9 Å². The predicted molar refractivity (Wildman–Crippen MR) is 77.8 cm³/mol. The number of aryl methyl sites for hydroxylation is 1. The molecule has 0 atom stereocenters. The topological polar surface area (TPSA) is 43.6 Å². The largest absolute Gasteiger partial charge is 0.491 e. The SMILES string of the molecule is COCCOc1ccc(CNCc2ccc(C)o2)cc1. The van der Waals surface area contributed by atoms with E-state index in [1.54, 1.807) is 7.11 Å². The van der Waals surface area contributed by atoms with E-state index < -0.39 is 0 Å². The third-order valence-electron chi connectivity index (χ3n) is 2.90. The number of rotatable bonds is 8. The third kappa shape index (κ3) is 4.72. The highest BCUT2D eigenvalue weighted by molar-refractivity contribution is 5.27. The molecule has 4 heteroatoms. The molecule has 0 saturated heterocycles. The molecule has 20 heavy (non-hydrogen) atoms. The number of ether oxygens (including phenoxy) is 2. The molecule has 0 bridgehead atoms. The number of methoxy groups -OCH3 is 1. The molecule has 108 valence electrons. The molecule has 1 N–H and O–H groups in total. The van der Waals surface area contributed by atoms with Gasteiger partial charge in [0.05, 0.1) is 13.2 Å². The van der Waals surface area contributed by atoms with Crippen LogP contribution in [0.15, 0.2) is 40.8 Å². The van der Waals surface area contributed by atoms with Crippen LogP contribution in [0.1, 0.15) is 17.1 Å². The summed E-state index contributed by atoms with van der Waals surface area (Å²) in [5.74, 6) is 2.77. The fourth-order valence-corrected chi connectivity index (χ4v) is 1.86. The molecule has 2 rings (SSSR count). The molecule has 1 aromatic carbocycles. The Bertz CT molecular complexity index is 505. The monoisotopic (exact) mass is 275 g/mol. The molecule has 4 nitrogen and oxygen atoms in total. The lowest BCUT2D eigenvalue weighted by Crippen LogP contribution is -2.12. The Labute approximate surface area is 119 Å². The minimum Gasteiger partial charge on any atom is -0.491 e. The third-order valence-corrected chi connectivity index (χ3v) is 2.90. The van der Waals surface area contributed by atoms with Gasteiger partial charge in [-0.2, -0.15) is 0 Å². The van der Waals surface area contributed by atoms with Crippen molar-refractivity contribution in [1.29, 1.82) is 0 Å². The predicted octanol–water partition coefficient (Wildman–Crippen LogP) is 2.90. The maximum Gasteiger partial charge on any atom is 0.119 e. The minimum atomic E-state index is 0.575. The number of furan rings is 1. The fraction of sp³-hybridized carbons (Fsp3) is 0.375. The number of benzene rings is 1. The molecule has 0 saturated carbocycles. The van der Waals surface area contributed by atoms with Crippen LogP contribution < -0.4 is 10.1 Å². The zero-order chi connectivity index (χ0) is 14.2. The lowest BCUT2D eigenvalue weighted by atomic mass is 10.2. The Morgan fingerprint density at radius 3 is 2.45 bits per heavy atom. The average Bonchev–Trinajstić information content (AvgIpc) is 2.87. The Hall–Kier alpha value is -1.78. The van der Waals surface area contributed by atoms with Crippen molar-refractivity contribution in [3.63, 3.8) is 0 Å². The van der Waals surface area contributed by atoms with Crippen molar-refractivity contribution in [2.45, 2.75) is 20.0 Å². The molecule has 0 aliphatic carbocycles. The van der Waals surface area contributed by atoms with Crippen LogP contribution in [0.25, 0.3) is 0 Å². The maximum absolute atomic E-state index is 5.52. The van der Waals surface area contributed by atoms with E-state index in [9.17, 15) is 0 Å². The second-order valence-electron chi connectivity index (χ2n) is 4.60. The first-order valence-corrected chi connectivity index (χ1v) is 6.74. The number of hydrogen-bond acceptors (Lipinski definition) is 4. The van der Waals surface area contributed by atoms with Gasteiger partial charge in [0.2, 0.25) is 0 Å². The van der Waals surface area contributed by atoms with Gasteiger partial charge in [-0.05, 0) is 36.8 Å². The van der Waals surface area contributed by atoms with Crippen LogP contribution in [-0.2, 0) is 17.8 Å². The smallest absolute Gasteiger partial charge is 0.119 e. The molecule has 0 aliphatic rings. The van der Waals surface area contributed by atoms with Crippen LogP contribution in [0.5, 0.6) is 5.75 Å². The summed E-state index contributed by atoms with van der Waals surface area (Å²) >= 11 is 0. The Kier molecular flexibility index (Phi) is 5.65. The zero-order valence-electron chi connectivity index (χ0n) is 12.0. The van der Waals surface area contributed by atoms with E-state index in [0.29, 0.717) is 13.2 Å². The summed E-state index contributed by atoms with van der Waals surface area (Å²) in [5.41, 5.74) is 1.22. The number of nitrogens with one attached hydrogen (secondary N) is 1. The van der Waals surface area contributed by atoms with Crippen LogP contribution in [0.4, 0.5) is 0 Å². The molecule has 0 fully saturated rings. The van der Waals surface area contributed by atoms with Crippen molar-refractivity contribution in [2.75, 3.05) is 20.3 Å². The van der Waals surface area contributed by atoms with Crippen LogP contribution in [0, 0.1) is 6.92 Å². The van der Waals surface area contributed by atoms with Gasteiger partial charge in [0.25, 0.3) is 0 Å². The van der Waals surface area contributed by atoms with E-state index in [0.717, 1.165) is 30.4 Å². The van der Waals surface area contributed by atoms with Crippen molar-refractivity contribution < 1.29 is 13.9 Å². The van der Waals surface area contributed by atoms with Crippen molar-refractivity contribution in [1.82, 2.24) is 5.32 Å². The van der Waals surface area contributed by atoms with Crippen molar-refractivity contribution in [3.8, 4) is 5.75 Å². The van der Waals surface area contributed by atoms with E-state index in [2.05, 4.69) is 17.4 Å². The lowest BCUT2D eigenvalue weighted by Gasteiger charge is -2.07. The fourth-order valence-electron chi connectivity index (χ4n) is 1.86.